The third kappa shape index (κ3) is 2.79. The Balaban J connectivity index is 2.04. The van der Waals surface area contributed by atoms with Crippen molar-refractivity contribution in [2.45, 2.75) is 0 Å². The van der Waals surface area contributed by atoms with Gasteiger partial charge in [-0.25, -0.2) is 13.2 Å². The van der Waals surface area contributed by atoms with Crippen LogP contribution >= 0.6 is 11.8 Å². The minimum absolute atomic E-state index is 0.00465. The number of fused-ring (bicyclic) bond motifs is 1. The number of hydrogen-bond acceptors (Lipinski definition) is 3. The zero-order chi connectivity index (χ0) is 16.6. The molecule has 0 aliphatic rings. The molecule has 0 radical (unpaired) electrons. The van der Waals surface area contributed by atoms with Crippen molar-refractivity contribution in [1.82, 2.24) is 4.98 Å². The molecule has 0 fully saturated rings. The summed E-state index contributed by atoms with van der Waals surface area (Å²) in [7, 11) is 0. The van der Waals surface area contributed by atoms with Crippen molar-refractivity contribution in [3.05, 3.63) is 59.5 Å². The van der Waals surface area contributed by atoms with Crippen molar-refractivity contribution in [3.63, 3.8) is 0 Å². The van der Waals surface area contributed by atoms with Gasteiger partial charge in [0.2, 0.25) is 0 Å². The standard InChI is InChI=1S/C16H11F3N2OS/c1-23-16(20)10-6-8(2-3-11(10)17)22-15-12(18)7-13-9(14(15)19)4-5-21-13/h2-7,20-21H,1H3. The quantitative estimate of drug-likeness (QED) is 0.518. The van der Waals surface area contributed by atoms with Crippen LogP contribution < -0.4 is 4.74 Å². The molecule has 2 aromatic carbocycles. The summed E-state index contributed by atoms with van der Waals surface area (Å²) in [5.74, 6) is -2.83. The predicted octanol–water partition coefficient (Wildman–Crippen LogP) is 5.07. The molecule has 1 heterocycles. The van der Waals surface area contributed by atoms with E-state index in [2.05, 4.69) is 4.98 Å². The Kier molecular flexibility index (Phi) is 4.04. The van der Waals surface area contributed by atoms with Crippen LogP contribution in [0.5, 0.6) is 11.5 Å². The van der Waals surface area contributed by atoms with Gasteiger partial charge < -0.3 is 9.72 Å². The lowest BCUT2D eigenvalue weighted by atomic mass is 10.2. The number of rotatable bonds is 3. The molecule has 0 aliphatic carbocycles. The number of thioether (sulfide) groups is 1. The molecule has 1 aromatic heterocycles. The van der Waals surface area contributed by atoms with Gasteiger partial charge in [0.05, 0.1) is 10.6 Å². The number of hydrogen-bond donors (Lipinski definition) is 2. The Hall–Kier alpha value is -2.41. The number of halogens is 3. The van der Waals surface area contributed by atoms with Crippen LogP contribution in [-0.4, -0.2) is 16.3 Å². The molecule has 2 N–H and O–H groups in total. The van der Waals surface area contributed by atoms with Gasteiger partial charge >= 0.3 is 0 Å². The molecule has 0 unspecified atom stereocenters. The van der Waals surface area contributed by atoms with Crippen LogP contribution in [-0.2, 0) is 0 Å². The van der Waals surface area contributed by atoms with Crippen LogP contribution in [0.15, 0.2) is 36.5 Å². The van der Waals surface area contributed by atoms with E-state index in [1.165, 1.54) is 24.4 Å². The second kappa shape index (κ2) is 6.00. The van der Waals surface area contributed by atoms with Crippen LogP contribution in [0, 0.1) is 22.9 Å². The summed E-state index contributed by atoms with van der Waals surface area (Å²) >= 11 is 1.05. The summed E-state index contributed by atoms with van der Waals surface area (Å²) in [6, 6.07) is 6.19. The SMILES string of the molecule is CSC(=N)c1cc(Oc2c(F)cc3[nH]ccc3c2F)ccc1F. The lowest BCUT2D eigenvalue weighted by molar-refractivity contribution is 0.410. The van der Waals surface area contributed by atoms with Crippen LogP contribution in [0.4, 0.5) is 13.2 Å². The average molecular weight is 336 g/mol. The van der Waals surface area contributed by atoms with Crippen molar-refractivity contribution in [2.75, 3.05) is 6.26 Å². The minimum Gasteiger partial charge on any atom is -0.451 e. The first-order valence-electron chi connectivity index (χ1n) is 6.56. The van der Waals surface area contributed by atoms with E-state index >= 15 is 0 Å². The fourth-order valence-electron chi connectivity index (χ4n) is 2.18. The zero-order valence-electron chi connectivity index (χ0n) is 11.9. The molecule has 0 saturated heterocycles. The summed E-state index contributed by atoms with van der Waals surface area (Å²) < 4.78 is 47.4. The van der Waals surface area contributed by atoms with E-state index in [1.807, 2.05) is 0 Å². The first kappa shape index (κ1) is 15.5. The Morgan fingerprint density at radius 3 is 2.65 bits per heavy atom. The Bertz CT molecular complexity index is 908. The second-order valence-corrected chi connectivity index (χ2v) is 5.53. The molecule has 118 valence electrons. The average Bonchev–Trinajstić information content (AvgIpc) is 3.00. The zero-order valence-corrected chi connectivity index (χ0v) is 12.7. The molecule has 0 saturated carbocycles. The summed E-state index contributed by atoms with van der Waals surface area (Å²) in [5.41, 5.74) is 0.329. The summed E-state index contributed by atoms with van der Waals surface area (Å²) in [5, 5.41) is 7.87. The number of benzene rings is 2. The summed E-state index contributed by atoms with van der Waals surface area (Å²) in [6.45, 7) is 0. The van der Waals surface area contributed by atoms with Gasteiger partial charge in [-0.3, -0.25) is 5.41 Å². The maximum absolute atomic E-state index is 14.3. The van der Waals surface area contributed by atoms with E-state index in [1.54, 1.807) is 6.26 Å². The van der Waals surface area contributed by atoms with Crippen molar-refractivity contribution in [3.8, 4) is 11.5 Å². The molecule has 0 spiro atoms. The topological polar surface area (TPSA) is 48.9 Å². The Morgan fingerprint density at radius 1 is 1.13 bits per heavy atom. The molecule has 7 heteroatoms. The van der Waals surface area contributed by atoms with E-state index in [0.29, 0.717) is 5.52 Å². The number of nitrogens with one attached hydrogen (secondary N) is 2. The number of ether oxygens (including phenoxy) is 1. The monoisotopic (exact) mass is 336 g/mol. The molecule has 0 amide bonds. The third-order valence-electron chi connectivity index (χ3n) is 3.31. The van der Waals surface area contributed by atoms with Gasteiger partial charge in [-0.1, -0.05) is 0 Å². The van der Waals surface area contributed by atoms with Gasteiger partial charge in [0.25, 0.3) is 0 Å². The van der Waals surface area contributed by atoms with Gasteiger partial charge in [-0.05, 0) is 30.5 Å². The van der Waals surface area contributed by atoms with Gasteiger partial charge in [0, 0.05) is 23.2 Å². The highest BCUT2D eigenvalue weighted by Crippen LogP contribution is 2.33. The van der Waals surface area contributed by atoms with Crippen molar-refractivity contribution in [2.24, 2.45) is 0 Å². The molecular formula is C16H11F3N2OS. The lowest BCUT2D eigenvalue weighted by Crippen LogP contribution is -1.99. The normalized spacial score (nSPS) is 11.0. The van der Waals surface area contributed by atoms with E-state index in [-0.39, 0.29) is 21.7 Å². The maximum Gasteiger partial charge on any atom is 0.199 e. The van der Waals surface area contributed by atoms with Crippen LogP contribution in [0.1, 0.15) is 5.56 Å². The molecule has 0 bridgehead atoms. The Morgan fingerprint density at radius 2 is 1.91 bits per heavy atom. The predicted molar refractivity (Wildman–Crippen MR) is 85.0 cm³/mol. The largest absolute Gasteiger partial charge is 0.451 e. The number of aromatic amines is 1. The highest BCUT2D eigenvalue weighted by molar-refractivity contribution is 8.13. The van der Waals surface area contributed by atoms with E-state index in [9.17, 15) is 13.2 Å². The molecule has 0 atom stereocenters. The summed E-state index contributed by atoms with van der Waals surface area (Å²) in [6.07, 6.45) is 3.13. The first-order chi connectivity index (χ1) is 11.0. The molecule has 23 heavy (non-hydrogen) atoms. The molecule has 0 aliphatic heterocycles. The third-order valence-corrected chi connectivity index (χ3v) is 3.94. The van der Waals surface area contributed by atoms with Crippen molar-refractivity contribution < 1.29 is 17.9 Å². The fraction of sp³-hybridized carbons (Fsp3) is 0.0625. The highest BCUT2D eigenvalue weighted by atomic mass is 32.2. The van der Waals surface area contributed by atoms with Gasteiger partial charge in [-0.15, -0.1) is 11.8 Å². The Labute approximate surface area is 134 Å². The van der Waals surface area contributed by atoms with Crippen LogP contribution in [0.2, 0.25) is 0 Å². The molecule has 3 rings (SSSR count). The van der Waals surface area contributed by atoms with E-state index in [0.717, 1.165) is 23.9 Å². The van der Waals surface area contributed by atoms with Gasteiger partial charge in [0.15, 0.2) is 17.4 Å². The first-order valence-corrected chi connectivity index (χ1v) is 7.79. The van der Waals surface area contributed by atoms with Crippen LogP contribution in [0.3, 0.4) is 0 Å². The highest BCUT2D eigenvalue weighted by Gasteiger charge is 2.18. The second-order valence-electron chi connectivity index (χ2n) is 4.72. The van der Waals surface area contributed by atoms with E-state index in [4.69, 9.17) is 10.1 Å². The fourth-order valence-corrected chi connectivity index (χ4v) is 2.55. The smallest absolute Gasteiger partial charge is 0.199 e. The lowest BCUT2D eigenvalue weighted by Gasteiger charge is -2.11. The van der Waals surface area contributed by atoms with Crippen LogP contribution in [0.25, 0.3) is 10.9 Å². The molecule has 3 aromatic rings. The van der Waals surface area contributed by atoms with Gasteiger partial charge in [0.1, 0.15) is 11.6 Å². The maximum atomic E-state index is 14.3. The van der Waals surface area contributed by atoms with E-state index < -0.39 is 23.2 Å². The van der Waals surface area contributed by atoms with Crippen molar-refractivity contribution in [1.29, 1.82) is 5.41 Å². The van der Waals surface area contributed by atoms with Gasteiger partial charge in [-0.2, -0.15) is 0 Å². The minimum atomic E-state index is -0.872. The molecular weight excluding hydrogens is 325 g/mol. The summed E-state index contributed by atoms with van der Waals surface area (Å²) in [4.78, 5) is 2.72. The number of H-pyrrole nitrogens is 1. The number of aromatic nitrogens is 1. The van der Waals surface area contributed by atoms with Crippen molar-refractivity contribution >= 4 is 27.7 Å². The molecule has 3 nitrogen and oxygen atoms in total.